The maximum absolute atomic E-state index is 11.6. The topological polar surface area (TPSA) is 89.4 Å². The second kappa shape index (κ2) is 5.02. The minimum atomic E-state index is -3.74. The van der Waals surface area contributed by atoms with E-state index in [0.29, 0.717) is 17.2 Å². The molecule has 1 saturated heterocycles. The molecule has 2 rings (SSSR count). The number of nitrogens with two attached hydrogens (primary N) is 2. The summed E-state index contributed by atoms with van der Waals surface area (Å²) >= 11 is 0. The standard InChI is InChI=1S/C13H21N3O2S/c1-9-4-3-5-16(8-9)12-6-11(14)7-13(10(12)2)19(15,17)18/h6-7,9H,3-5,8,14H2,1-2H3,(H2,15,17,18). The quantitative estimate of drug-likeness (QED) is 0.804. The van der Waals surface area contributed by atoms with Crippen LogP contribution in [-0.2, 0) is 10.0 Å². The third-order valence-electron chi connectivity index (χ3n) is 3.66. The van der Waals surface area contributed by atoms with Crippen molar-refractivity contribution in [3.63, 3.8) is 0 Å². The van der Waals surface area contributed by atoms with Crippen LogP contribution in [0.2, 0.25) is 0 Å². The highest BCUT2D eigenvalue weighted by Crippen LogP contribution is 2.31. The Morgan fingerprint density at radius 2 is 2.05 bits per heavy atom. The van der Waals surface area contributed by atoms with Gasteiger partial charge in [0, 0.05) is 24.5 Å². The van der Waals surface area contributed by atoms with E-state index in [1.807, 2.05) is 6.07 Å². The van der Waals surface area contributed by atoms with Gasteiger partial charge in [-0.05, 0) is 43.4 Å². The lowest BCUT2D eigenvalue weighted by molar-refractivity contribution is 0.446. The molecule has 19 heavy (non-hydrogen) atoms. The molecule has 1 fully saturated rings. The second-order valence-corrected chi connectivity index (χ2v) is 6.93. The second-order valence-electron chi connectivity index (χ2n) is 5.40. The summed E-state index contributed by atoms with van der Waals surface area (Å²) in [6, 6.07) is 3.27. The zero-order valence-corrected chi connectivity index (χ0v) is 12.2. The molecule has 1 atom stereocenters. The smallest absolute Gasteiger partial charge is 0.238 e. The van der Waals surface area contributed by atoms with Gasteiger partial charge in [0.25, 0.3) is 0 Å². The molecule has 1 aromatic carbocycles. The van der Waals surface area contributed by atoms with E-state index in [4.69, 9.17) is 10.9 Å². The van der Waals surface area contributed by atoms with Crippen LogP contribution in [-0.4, -0.2) is 21.5 Å². The zero-order chi connectivity index (χ0) is 14.2. The van der Waals surface area contributed by atoms with Crippen molar-refractivity contribution in [3.8, 4) is 0 Å². The first kappa shape index (κ1) is 14.1. The van der Waals surface area contributed by atoms with E-state index >= 15 is 0 Å². The van der Waals surface area contributed by atoms with E-state index in [9.17, 15) is 8.42 Å². The number of benzene rings is 1. The van der Waals surface area contributed by atoms with Crippen LogP contribution >= 0.6 is 0 Å². The number of hydrogen-bond acceptors (Lipinski definition) is 4. The average molecular weight is 283 g/mol. The van der Waals surface area contributed by atoms with Gasteiger partial charge in [0.2, 0.25) is 10.0 Å². The monoisotopic (exact) mass is 283 g/mol. The van der Waals surface area contributed by atoms with Crippen LogP contribution in [0, 0.1) is 12.8 Å². The third kappa shape index (κ3) is 3.01. The number of rotatable bonds is 2. The summed E-state index contributed by atoms with van der Waals surface area (Å²) < 4.78 is 23.2. The van der Waals surface area contributed by atoms with Gasteiger partial charge < -0.3 is 10.6 Å². The molecular formula is C13H21N3O2S. The summed E-state index contributed by atoms with van der Waals surface area (Å²) in [5.41, 5.74) is 7.82. The fourth-order valence-electron chi connectivity index (χ4n) is 2.73. The molecular weight excluding hydrogens is 262 g/mol. The lowest BCUT2D eigenvalue weighted by Crippen LogP contribution is -2.35. The molecule has 1 unspecified atom stereocenters. The van der Waals surface area contributed by atoms with Crippen LogP contribution in [0.1, 0.15) is 25.3 Å². The Hall–Kier alpha value is -1.27. The lowest BCUT2D eigenvalue weighted by Gasteiger charge is -2.34. The molecule has 0 radical (unpaired) electrons. The average Bonchev–Trinajstić information content (AvgIpc) is 2.30. The van der Waals surface area contributed by atoms with Crippen molar-refractivity contribution in [2.24, 2.45) is 11.1 Å². The molecule has 0 amide bonds. The number of sulfonamides is 1. The van der Waals surface area contributed by atoms with Crippen molar-refractivity contribution in [2.45, 2.75) is 31.6 Å². The number of hydrogen-bond donors (Lipinski definition) is 2. The largest absolute Gasteiger partial charge is 0.399 e. The van der Waals surface area contributed by atoms with Gasteiger partial charge in [-0.2, -0.15) is 0 Å². The van der Waals surface area contributed by atoms with Crippen LogP contribution < -0.4 is 15.8 Å². The fraction of sp³-hybridized carbons (Fsp3) is 0.538. The SMILES string of the molecule is Cc1c(N2CCCC(C)C2)cc(N)cc1S(N)(=O)=O. The molecule has 1 aromatic rings. The molecule has 106 valence electrons. The number of piperidine rings is 1. The van der Waals surface area contributed by atoms with Gasteiger partial charge in [0.05, 0.1) is 4.90 Å². The Balaban J connectivity index is 2.49. The molecule has 0 saturated carbocycles. The van der Waals surface area contributed by atoms with Gasteiger partial charge >= 0.3 is 0 Å². The van der Waals surface area contributed by atoms with Gasteiger partial charge in [-0.25, -0.2) is 13.6 Å². The molecule has 0 aromatic heterocycles. The maximum Gasteiger partial charge on any atom is 0.238 e. The first-order valence-corrected chi connectivity index (χ1v) is 8.01. The number of nitrogen functional groups attached to an aromatic ring is 1. The highest BCUT2D eigenvalue weighted by Gasteiger charge is 2.22. The van der Waals surface area contributed by atoms with E-state index in [-0.39, 0.29) is 4.90 Å². The Labute approximate surface area is 114 Å². The van der Waals surface area contributed by atoms with Crippen molar-refractivity contribution in [1.29, 1.82) is 0 Å². The molecule has 1 aliphatic rings. The first-order valence-electron chi connectivity index (χ1n) is 6.47. The third-order valence-corrected chi connectivity index (χ3v) is 4.70. The van der Waals surface area contributed by atoms with Crippen LogP contribution in [0.5, 0.6) is 0 Å². The summed E-state index contributed by atoms with van der Waals surface area (Å²) in [6.45, 7) is 5.84. The minimum Gasteiger partial charge on any atom is -0.399 e. The van der Waals surface area contributed by atoms with E-state index in [1.54, 1.807) is 6.92 Å². The maximum atomic E-state index is 11.6. The molecule has 4 N–H and O–H groups in total. The van der Waals surface area contributed by atoms with Crippen molar-refractivity contribution in [2.75, 3.05) is 23.7 Å². The predicted octanol–water partition coefficient (Wildman–Crippen LogP) is 1.46. The van der Waals surface area contributed by atoms with E-state index in [1.165, 1.54) is 12.5 Å². The van der Waals surface area contributed by atoms with Gasteiger partial charge in [-0.3, -0.25) is 0 Å². The van der Waals surface area contributed by atoms with Gasteiger partial charge in [0.15, 0.2) is 0 Å². The molecule has 6 heteroatoms. The molecule has 1 heterocycles. The van der Waals surface area contributed by atoms with Crippen molar-refractivity contribution in [1.82, 2.24) is 0 Å². The molecule has 1 aliphatic heterocycles. The predicted molar refractivity (Wildman–Crippen MR) is 77.6 cm³/mol. The Bertz CT molecular complexity index is 584. The van der Waals surface area contributed by atoms with E-state index < -0.39 is 10.0 Å². The highest BCUT2D eigenvalue weighted by molar-refractivity contribution is 7.89. The number of primary sulfonamides is 1. The van der Waals surface area contributed by atoms with Crippen LogP contribution in [0.25, 0.3) is 0 Å². The normalized spacial score (nSPS) is 20.6. The summed E-state index contributed by atoms with van der Waals surface area (Å²) in [5, 5.41) is 5.25. The Kier molecular flexibility index (Phi) is 3.73. The summed E-state index contributed by atoms with van der Waals surface area (Å²) in [7, 11) is -3.74. The Morgan fingerprint density at radius 1 is 1.37 bits per heavy atom. The van der Waals surface area contributed by atoms with Crippen LogP contribution in [0.3, 0.4) is 0 Å². The van der Waals surface area contributed by atoms with Crippen molar-refractivity contribution < 1.29 is 8.42 Å². The minimum absolute atomic E-state index is 0.126. The summed E-state index contributed by atoms with van der Waals surface area (Å²) in [6.07, 6.45) is 2.32. The van der Waals surface area contributed by atoms with Gasteiger partial charge in [0.1, 0.15) is 0 Å². The first-order chi connectivity index (χ1) is 8.79. The molecule has 0 aliphatic carbocycles. The summed E-state index contributed by atoms with van der Waals surface area (Å²) in [4.78, 5) is 2.33. The van der Waals surface area contributed by atoms with Gasteiger partial charge in [-0.1, -0.05) is 6.92 Å². The number of nitrogens with zero attached hydrogens (tertiary/aromatic N) is 1. The van der Waals surface area contributed by atoms with Crippen molar-refractivity contribution in [3.05, 3.63) is 17.7 Å². The molecule has 0 spiro atoms. The fourth-order valence-corrected chi connectivity index (χ4v) is 3.56. The van der Waals surface area contributed by atoms with Crippen molar-refractivity contribution >= 4 is 21.4 Å². The Morgan fingerprint density at radius 3 is 2.63 bits per heavy atom. The molecule has 5 nitrogen and oxygen atoms in total. The van der Waals surface area contributed by atoms with Crippen LogP contribution in [0.15, 0.2) is 17.0 Å². The number of anilines is 2. The lowest BCUT2D eigenvalue weighted by atomic mass is 9.99. The van der Waals surface area contributed by atoms with Gasteiger partial charge in [-0.15, -0.1) is 0 Å². The van der Waals surface area contributed by atoms with E-state index in [2.05, 4.69) is 11.8 Å². The van der Waals surface area contributed by atoms with E-state index in [0.717, 1.165) is 25.2 Å². The van der Waals surface area contributed by atoms with Crippen LogP contribution in [0.4, 0.5) is 11.4 Å². The summed E-state index contributed by atoms with van der Waals surface area (Å²) in [5.74, 6) is 0.604. The zero-order valence-electron chi connectivity index (χ0n) is 11.4. The highest BCUT2D eigenvalue weighted by atomic mass is 32.2. The molecule has 0 bridgehead atoms.